The molecule has 154 valence electrons. The first-order chi connectivity index (χ1) is 13.9. The van der Waals surface area contributed by atoms with Crippen LogP contribution in [0.25, 0.3) is 0 Å². The minimum Gasteiger partial charge on any atom is -0.331 e. The molecule has 0 saturated carbocycles. The van der Waals surface area contributed by atoms with Gasteiger partial charge in [0.2, 0.25) is 5.91 Å². The lowest BCUT2D eigenvalue weighted by atomic mass is 9.88. The Morgan fingerprint density at radius 1 is 1.31 bits per heavy atom. The number of anilines is 1. The van der Waals surface area contributed by atoms with E-state index in [9.17, 15) is 9.59 Å². The number of piperidine rings is 1. The molecule has 4 heterocycles. The van der Waals surface area contributed by atoms with Crippen molar-refractivity contribution in [3.05, 3.63) is 40.7 Å². The van der Waals surface area contributed by atoms with E-state index in [1.807, 2.05) is 30.2 Å². The minimum absolute atomic E-state index is 0.0234. The maximum Gasteiger partial charge on any atom is 0.318 e. The van der Waals surface area contributed by atoms with E-state index in [-0.39, 0.29) is 17.5 Å². The van der Waals surface area contributed by atoms with Crippen molar-refractivity contribution in [2.75, 3.05) is 25.0 Å². The molecule has 0 atom stereocenters. The van der Waals surface area contributed by atoms with Gasteiger partial charge >= 0.3 is 6.03 Å². The molecule has 0 radical (unpaired) electrons. The maximum atomic E-state index is 12.5. The van der Waals surface area contributed by atoms with E-state index in [0.29, 0.717) is 11.7 Å². The Balaban J connectivity index is 1.31. The van der Waals surface area contributed by atoms with E-state index >= 15 is 0 Å². The molecule has 2 N–H and O–H groups in total. The van der Waals surface area contributed by atoms with Gasteiger partial charge in [0.15, 0.2) is 5.13 Å². The van der Waals surface area contributed by atoms with Crippen molar-refractivity contribution in [3.63, 3.8) is 0 Å². The van der Waals surface area contributed by atoms with E-state index in [1.54, 1.807) is 6.20 Å². The third-order valence-corrected chi connectivity index (χ3v) is 6.41. The number of hydrogen-bond acceptors (Lipinski definition) is 6. The molecule has 2 aromatic rings. The molecular weight excluding hydrogens is 388 g/mol. The van der Waals surface area contributed by atoms with Crippen molar-refractivity contribution in [2.24, 2.45) is 0 Å². The van der Waals surface area contributed by atoms with E-state index < -0.39 is 0 Å². The van der Waals surface area contributed by atoms with Gasteiger partial charge in [0.1, 0.15) is 0 Å². The largest absolute Gasteiger partial charge is 0.331 e. The van der Waals surface area contributed by atoms with E-state index in [0.717, 1.165) is 55.2 Å². The Morgan fingerprint density at radius 2 is 2.10 bits per heavy atom. The molecule has 9 heteroatoms. The number of nitrogens with one attached hydrogen (secondary N) is 2. The smallest absolute Gasteiger partial charge is 0.318 e. The molecule has 0 bridgehead atoms. The monoisotopic (exact) mass is 414 g/mol. The zero-order valence-electron chi connectivity index (χ0n) is 16.8. The molecule has 2 aliphatic rings. The first-order valence-corrected chi connectivity index (χ1v) is 10.7. The van der Waals surface area contributed by atoms with Crippen LogP contribution in [0.15, 0.2) is 24.5 Å². The Bertz CT molecular complexity index is 906. The van der Waals surface area contributed by atoms with Crippen LogP contribution in [0, 0.1) is 6.92 Å². The molecule has 2 aliphatic heterocycles. The average Bonchev–Trinajstić information content (AvgIpc) is 3.21. The topological polar surface area (TPSA) is 90.5 Å². The van der Waals surface area contributed by atoms with Gasteiger partial charge in [-0.05, 0) is 37.5 Å². The van der Waals surface area contributed by atoms with Crippen LogP contribution in [0.2, 0.25) is 0 Å². The number of pyridine rings is 1. The molecule has 4 rings (SSSR count). The first-order valence-electron chi connectivity index (χ1n) is 9.84. The van der Waals surface area contributed by atoms with Crippen molar-refractivity contribution in [1.29, 1.82) is 0 Å². The third-order valence-electron chi connectivity index (χ3n) is 5.52. The number of nitrogens with zero attached hydrogens (tertiary/aromatic N) is 4. The zero-order valence-corrected chi connectivity index (χ0v) is 17.6. The predicted octanol–water partition coefficient (Wildman–Crippen LogP) is 2.36. The van der Waals surface area contributed by atoms with Gasteiger partial charge in [-0.1, -0.05) is 0 Å². The normalized spacial score (nSPS) is 18.8. The SMILES string of the molecule is CC(=O)Nc1ncc(CN2CCC3(CC2)CN(Cc2ccnc(C)c2)C(=O)N3)s1. The number of aryl methyl sites for hydroxylation is 1. The van der Waals surface area contributed by atoms with Gasteiger partial charge in [0.05, 0.1) is 5.54 Å². The number of hydrogen-bond donors (Lipinski definition) is 2. The Morgan fingerprint density at radius 3 is 2.83 bits per heavy atom. The van der Waals surface area contributed by atoms with Crippen LogP contribution < -0.4 is 10.6 Å². The highest BCUT2D eigenvalue weighted by molar-refractivity contribution is 7.15. The van der Waals surface area contributed by atoms with E-state index in [2.05, 4.69) is 25.5 Å². The molecule has 0 aliphatic carbocycles. The molecule has 0 unspecified atom stereocenters. The Labute approximate surface area is 174 Å². The summed E-state index contributed by atoms with van der Waals surface area (Å²) in [5.74, 6) is -0.103. The van der Waals surface area contributed by atoms with Gasteiger partial charge in [0.25, 0.3) is 0 Å². The van der Waals surface area contributed by atoms with Gasteiger partial charge in [-0.15, -0.1) is 11.3 Å². The lowest BCUT2D eigenvalue weighted by molar-refractivity contribution is -0.114. The Kier molecular flexibility index (Phi) is 5.51. The molecule has 2 aromatic heterocycles. The highest BCUT2D eigenvalue weighted by Gasteiger charge is 2.44. The lowest BCUT2D eigenvalue weighted by Gasteiger charge is -2.38. The van der Waals surface area contributed by atoms with Crippen LogP contribution in [0.1, 0.15) is 35.9 Å². The number of urea groups is 1. The first kappa shape index (κ1) is 19.8. The fourth-order valence-corrected chi connectivity index (χ4v) is 4.97. The number of aromatic nitrogens is 2. The van der Waals surface area contributed by atoms with Crippen molar-refractivity contribution in [1.82, 2.24) is 25.1 Å². The van der Waals surface area contributed by atoms with Crippen molar-refractivity contribution in [2.45, 2.75) is 45.3 Å². The van der Waals surface area contributed by atoms with E-state index in [1.165, 1.54) is 18.3 Å². The molecule has 0 aromatic carbocycles. The highest BCUT2D eigenvalue weighted by Crippen LogP contribution is 2.30. The van der Waals surface area contributed by atoms with Crippen LogP contribution in [-0.2, 0) is 17.9 Å². The van der Waals surface area contributed by atoms with Crippen LogP contribution in [0.4, 0.5) is 9.93 Å². The molecule has 1 spiro atoms. The maximum absolute atomic E-state index is 12.5. The predicted molar refractivity (Wildman–Crippen MR) is 112 cm³/mol. The molecule has 3 amide bonds. The van der Waals surface area contributed by atoms with E-state index in [4.69, 9.17) is 0 Å². The van der Waals surface area contributed by atoms with Crippen LogP contribution in [0.3, 0.4) is 0 Å². The number of likely N-dealkylation sites (tertiary alicyclic amines) is 1. The quantitative estimate of drug-likeness (QED) is 0.784. The number of rotatable bonds is 5. The third kappa shape index (κ3) is 4.73. The summed E-state index contributed by atoms with van der Waals surface area (Å²) in [6.07, 6.45) is 5.49. The highest BCUT2D eigenvalue weighted by atomic mass is 32.1. The summed E-state index contributed by atoms with van der Waals surface area (Å²) in [5, 5.41) is 6.62. The van der Waals surface area contributed by atoms with Gasteiger partial charge in [-0.3, -0.25) is 14.7 Å². The fourth-order valence-electron chi connectivity index (χ4n) is 4.06. The van der Waals surface area contributed by atoms with Crippen molar-refractivity contribution in [3.8, 4) is 0 Å². The second-order valence-electron chi connectivity index (χ2n) is 7.96. The standard InChI is InChI=1S/C20H26N6O2S/c1-14-9-16(3-6-21-14)11-26-13-20(24-19(26)28)4-7-25(8-5-20)12-17-10-22-18(29-17)23-15(2)27/h3,6,9-10H,4-5,7-8,11-13H2,1-2H3,(H,24,28)(H,22,23,27). The molecular formula is C20H26N6O2S. The summed E-state index contributed by atoms with van der Waals surface area (Å²) in [4.78, 5) is 37.6. The number of amides is 3. The molecule has 2 fully saturated rings. The molecule has 2 saturated heterocycles. The van der Waals surface area contributed by atoms with Crippen LogP contribution in [0.5, 0.6) is 0 Å². The van der Waals surface area contributed by atoms with Gasteiger partial charge in [-0.2, -0.15) is 0 Å². The summed E-state index contributed by atoms with van der Waals surface area (Å²) < 4.78 is 0. The number of carbonyl (C=O) groups is 2. The van der Waals surface area contributed by atoms with Crippen molar-refractivity contribution >= 4 is 28.4 Å². The zero-order chi connectivity index (χ0) is 20.4. The van der Waals surface area contributed by atoms with Gasteiger partial charge < -0.3 is 15.5 Å². The lowest BCUT2D eigenvalue weighted by Crippen LogP contribution is -2.52. The van der Waals surface area contributed by atoms with Crippen molar-refractivity contribution < 1.29 is 9.59 Å². The van der Waals surface area contributed by atoms with Gasteiger partial charge in [-0.25, -0.2) is 9.78 Å². The summed E-state index contributed by atoms with van der Waals surface area (Å²) in [7, 11) is 0. The summed E-state index contributed by atoms with van der Waals surface area (Å²) in [6, 6.07) is 4.03. The second kappa shape index (κ2) is 8.08. The van der Waals surface area contributed by atoms with Gasteiger partial charge in [0, 0.05) is 62.6 Å². The van der Waals surface area contributed by atoms with Crippen LogP contribution >= 0.6 is 11.3 Å². The average molecular weight is 415 g/mol. The number of thiazole rings is 1. The Hall–Kier alpha value is -2.52. The molecule has 8 nitrogen and oxygen atoms in total. The van der Waals surface area contributed by atoms with Crippen LogP contribution in [-0.4, -0.2) is 56.9 Å². The number of carbonyl (C=O) groups excluding carboxylic acids is 2. The summed E-state index contributed by atoms with van der Waals surface area (Å²) >= 11 is 1.51. The fraction of sp³-hybridized carbons (Fsp3) is 0.500. The summed E-state index contributed by atoms with van der Waals surface area (Å²) in [5.41, 5.74) is 1.95. The summed E-state index contributed by atoms with van der Waals surface area (Å²) in [6.45, 7) is 7.49. The molecule has 29 heavy (non-hydrogen) atoms. The second-order valence-corrected chi connectivity index (χ2v) is 9.08. The minimum atomic E-state index is -0.134.